The Kier molecular flexibility index (Phi) is 4.24. The first kappa shape index (κ1) is 15.4. The van der Waals surface area contributed by atoms with Crippen LogP contribution in [0.15, 0.2) is 41.3 Å². The van der Waals surface area contributed by atoms with Gasteiger partial charge in [-0.1, -0.05) is 12.1 Å². The van der Waals surface area contributed by atoms with Crippen molar-refractivity contribution in [1.29, 1.82) is 0 Å². The molecule has 2 aromatic rings. The minimum Gasteiger partial charge on any atom is -0.326 e. The molecule has 4 nitrogen and oxygen atoms in total. The second-order valence-corrected chi connectivity index (χ2v) is 6.18. The fourth-order valence-electron chi connectivity index (χ4n) is 1.83. The highest BCUT2D eigenvalue weighted by atomic mass is 32.2. The minimum atomic E-state index is -3.98. The van der Waals surface area contributed by atoms with Crippen LogP contribution in [0.1, 0.15) is 11.1 Å². The summed E-state index contributed by atoms with van der Waals surface area (Å²) < 4.78 is 53.1. The first-order valence-electron chi connectivity index (χ1n) is 6.11. The summed E-state index contributed by atoms with van der Waals surface area (Å²) in [6.07, 6.45) is 0. The maximum Gasteiger partial charge on any atom is 0.262 e. The van der Waals surface area contributed by atoms with Gasteiger partial charge in [-0.05, 0) is 36.2 Å². The third-order valence-electron chi connectivity index (χ3n) is 2.95. The fourth-order valence-corrected chi connectivity index (χ4v) is 3.20. The van der Waals surface area contributed by atoms with E-state index in [1.807, 2.05) is 0 Å². The molecule has 7 heteroatoms. The predicted molar refractivity (Wildman–Crippen MR) is 76.2 cm³/mol. The Morgan fingerprint density at radius 2 is 1.86 bits per heavy atom. The largest absolute Gasteiger partial charge is 0.326 e. The van der Waals surface area contributed by atoms with Crippen molar-refractivity contribution in [3.05, 3.63) is 59.2 Å². The first-order chi connectivity index (χ1) is 9.83. The number of rotatable bonds is 4. The summed E-state index contributed by atoms with van der Waals surface area (Å²) in [5, 5.41) is 0. The minimum absolute atomic E-state index is 0.00850. The Morgan fingerprint density at radius 1 is 1.14 bits per heavy atom. The van der Waals surface area contributed by atoms with Crippen LogP contribution in [0, 0.1) is 18.6 Å². The summed E-state index contributed by atoms with van der Waals surface area (Å²) in [6, 6.07) is 7.39. The van der Waals surface area contributed by atoms with Crippen molar-refractivity contribution in [2.75, 3.05) is 4.72 Å². The SMILES string of the molecule is Cc1ccc(CN)cc1S(=O)(=O)Nc1ccc(F)cc1F. The summed E-state index contributed by atoms with van der Waals surface area (Å²) in [5.41, 5.74) is 6.32. The van der Waals surface area contributed by atoms with E-state index in [2.05, 4.69) is 4.72 Å². The Hall–Kier alpha value is -1.99. The molecule has 0 spiro atoms. The molecule has 2 aromatic carbocycles. The van der Waals surface area contributed by atoms with Crippen LogP contribution in [0.4, 0.5) is 14.5 Å². The van der Waals surface area contributed by atoms with E-state index >= 15 is 0 Å². The number of nitrogens with one attached hydrogen (secondary N) is 1. The van der Waals surface area contributed by atoms with Crippen LogP contribution < -0.4 is 10.5 Å². The average Bonchev–Trinajstić information content (AvgIpc) is 2.42. The van der Waals surface area contributed by atoms with Crippen molar-refractivity contribution in [3.63, 3.8) is 0 Å². The number of halogens is 2. The van der Waals surface area contributed by atoms with Gasteiger partial charge in [-0.3, -0.25) is 4.72 Å². The second-order valence-electron chi connectivity index (χ2n) is 4.53. The lowest BCUT2D eigenvalue weighted by Gasteiger charge is -2.12. The Balaban J connectivity index is 2.43. The lowest BCUT2D eigenvalue weighted by molar-refractivity contribution is 0.582. The molecular weight excluding hydrogens is 298 g/mol. The average molecular weight is 312 g/mol. The predicted octanol–water partition coefficient (Wildman–Crippen LogP) is 2.53. The van der Waals surface area contributed by atoms with Gasteiger partial charge in [0.05, 0.1) is 10.6 Å². The molecular formula is C14H14F2N2O2S. The zero-order chi connectivity index (χ0) is 15.6. The van der Waals surface area contributed by atoms with Crippen LogP contribution in [0.25, 0.3) is 0 Å². The topological polar surface area (TPSA) is 72.2 Å². The smallest absolute Gasteiger partial charge is 0.262 e. The molecule has 0 aliphatic heterocycles. The zero-order valence-corrected chi connectivity index (χ0v) is 12.0. The van der Waals surface area contributed by atoms with E-state index in [0.717, 1.165) is 12.1 Å². The number of hydrogen-bond acceptors (Lipinski definition) is 3. The molecule has 0 saturated carbocycles. The first-order valence-corrected chi connectivity index (χ1v) is 7.59. The monoisotopic (exact) mass is 312 g/mol. The quantitative estimate of drug-likeness (QED) is 0.911. The van der Waals surface area contributed by atoms with E-state index in [1.165, 1.54) is 6.07 Å². The number of hydrogen-bond donors (Lipinski definition) is 2. The summed E-state index contributed by atoms with van der Waals surface area (Å²) in [7, 11) is -3.98. The summed E-state index contributed by atoms with van der Waals surface area (Å²) in [6.45, 7) is 1.81. The molecule has 112 valence electrons. The maximum absolute atomic E-state index is 13.6. The Bertz CT molecular complexity index is 777. The maximum atomic E-state index is 13.6. The van der Waals surface area contributed by atoms with E-state index in [-0.39, 0.29) is 17.1 Å². The molecule has 0 aliphatic rings. The van der Waals surface area contributed by atoms with Crippen LogP contribution in [0.3, 0.4) is 0 Å². The van der Waals surface area contributed by atoms with E-state index in [4.69, 9.17) is 5.73 Å². The van der Waals surface area contributed by atoms with Gasteiger partial charge in [0.15, 0.2) is 0 Å². The van der Waals surface area contributed by atoms with Gasteiger partial charge in [0.1, 0.15) is 11.6 Å². The van der Waals surface area contributed by atoms with Crippen molar-refractivity contribution in [3.8, 4) is 0 Å². The van der Waals surface area contributed by atoms with Crippen molar-refractivity contribution in [2.45, 2.75) is 18.4 Å². The molecule has 2 rings (SSSR count). The van der Waals surface area contributed by atoms with E-state index in [9.17, 15) is 17.2 Å². The van der Waals surface area contributed by atoms with Crippen LogP contribution in [-0.2, 0) is 16.6 Å². The van der Waals surface area contributed by atoms with E-state index in [0.29, 0.717) is 17.2 Å². The van der Waals surface area contributed by atoms with Gasteiger partial charge in [0.25, 0.3) is 10.0 Å². The fraction of sp³-hybridized carbons (Fsp3) is 0.143. The lowest BCUT2D eigenvalue weighted by Crippen LogP contribution is -2.16. The van der Waals surface area contributed by atoms with Gasteiger partial charge in [-0.2, -0.15) is 0 Å². The summed E-state index contributed by atoms with van der Waals surface area (Å²) in [5.74, 6) is -1.76. The highest BCUT2D eigenvalue weighted by molar-refractivity contribution is 7.92. The van der Waals surface area contributed by atoms with Gasteiger partial charge in [0, 0.05) is 12.6 Å². The highest BCUT2D eigenvalue weighted by Crippen LogP contribution is 2.22. The molecule has 0 aliphatic carbocycles. The molecule has 0 bridgehead atoms. The number of sulfonamides is 1. The molecule has 0 aromatic heterocycles. The molecule has 0 heterocycles. The van der Waals surface area contributed by atoms with Crippen molar-refractivity contribution in [1.82, 2.24) is 0 Å². The molecule has 0 saturated heterocycles. The molecule has 0 atom stereocenters. The number of nitrogens with two attached hydrogens (primary N) is 1. The van der Waals surface area contributed by atoms with Crippen LogP contribution in [-0.4, -0.2) is 8.42 Å². The third-order valence-corrected chi connectivity index (χ3v) is 4.46. The highest BCUT2D eigenvalue weighted by Gasteiger charge is 2.19. The zero-order valence-electron chi connectivity index (χ0n) is 11.2. The van der Waals surface area contributed by atoms with Crippen molar-refractivity contribution in [2.24, 2.45) is 5.73 Å². The van der Waals surface area contributed by atoms with Gasteiger partial charge >= 0.3 is 0 Å². The Labute approximate surface area is 121 Å². The Morgan fingerprint density at radius 3 is 2.48 bits per heavy atom. The second kappa shape index (κ2) is 5.79. The van der Waals surface area contributed by atoms with Gasteiger partial charge in [-0.15, -0.1) is 0 Å². The third kappa shape index (κ3) is 3.37. The van der Waals surface area contributed by atoms with Crippen molar-refractivity contribution < 1.29 is 17.2 Å². The van der Waals surface area contributed by atoms with Gasteiger partial charge < -0.3 is 5.73 Å². The molecule has 0 fully saturated rings. The van der Waals surface area contributed by atoms with Crippen molar-refractivity contribution >= 4 is 15.7 Å². The lowest BCUT2D eigenvalue weighted by atomic mass is 10.1. The van der Waals surface area contributed by atoms with Gasteiger partial charge in [0.2, 0.25) is 0 Å². The van der Waals surface area contributed by atoms with Crippen LogP contribution >= 0.6 is 0 Å². The molecule has 3 N–H and O–H groups in total. The van der Waals surface area contributed by atoms with Crippen LogP contribution in [0.2, 0.25) is 0 Å². The number of benzene rings is 2. The summed E-state index contributed by atoms with van der Waals surface area (Å²) >= 11 is 0. The molecule has 0 unspecified atom stereocenters. The molecule has 21 heavy (non-hydrogen) atoms. The normalized spacial score (nSPS) is 11.4. The standard InChI is InChI=1S/C14H14F2N2O2S/c1-9-2-3-10(8-17)6-14(9)21(19,20)18-13-5-4-11(15)7-12(13)16/h2-7,18H,8,17H2,1H3. The number of anilines is 1. The molecule has 0 amide bonds. The van der Waals surface area contributed by atoms with E-state index in [1.54, 1.807) is 19.1 Å². The molecule has 0 radical (unpaired) electrons. The summed E-state index contributed by atoms with van der Waals surface area (Å²) in [4.78, 5) is 0.00850. The van der Waals surface area contributed by atoms with Crippen LogP contribution in [0.5, 0.6) is 0 Å². The van der Waals surface area contributed by atoms with E-state index < -0.39 is 21.7 Å². The van der Waals surface area contributed by atoms with Gasteiger partial charge in [-0.25, -0.2) is 17.2 Å². The number of aryl methyl sites for hydroxylation is 1.